The first-order chi connectivity index (χ1) is 14.2. The van der Waals surface area contributed by atoms with Gasteiger partial charge in [0.1, 0.15) is 0 Å². The highest BCUT2D eigenvalue weighted by Gasteiger charge is 2.09. The lowest BCUT2D eigenvalue weighted by atomic mass is 10.3. The molecule has 1 unspecified atom stereocenters. The fourth-order valence-electron chi connectivity index (χ4n) is 2.91. The summed E-state index contributed by atoms with van der Waals surface area (Å²) in [5.74, 6) is 1.30. The van der Waals surface area contributed by atoms with Crippen LogP contribution in [0.5, 0.6) is 0 Å². The van der Waals surface area contributed by atoms with Gasteiger partial charge < -0.3 is 10.2 Å². The molecule has 7 heteroatoms. The molecule has 0 saturated carbocycles. The molecule has 0 radical (unpaired) electrons. The molecule has 2 aromatic carbocycles. The molecule has 0 aliphatic heterocycles. The van der Waals surface area contributed by atoms with Gasteiger partial charge in [0.25, 0.3) is 0 Å². The minimum absolute atomic E-state index is 0.497. The van der Waals surface area contributed by atoms with Gasteiger partial charge in [0.2, 0.25) is 0 Å². The third kappa shape index (κ3) is 6.02. The molecule has 1 N–H and O–H groups in total. The number of aromatic nitrogens is 2. The summed E-state index contributed by atoms with van der Waals surface area (Å²) in [4.78, 5) is 7.55. The smallest absolute Gasteiger partial charge is 0.193 e. The summed E-state index contributed by atoms with van der Waals surface area (Å²) >= 11 is 0. The van der Waals surface area contributed by atoms with Crippen LogP contribution < -0.4 is 5.32 Å². The average molecular weight is 410 g/mol. The summed E-state index contributed by atoms with van der Waals surface area (Å²) in [5.41, 5.74) is 2.13. The van der Waals surface area contributed by atoms with E-state index in [-0.39, 0.29) is 0 Å². The van der Waals surface area contributed by atoms with Crippen molar-refractivity contribution in [2.45, 2.75) is 18.4 Å². The van der Waals surface area contributed by atoms with Crippen LogP contribution in [0.2, 0.25) is 0 Å². The fourth-order valence-corrected chi connectivity index (χ4v) is 3.86. The van der Waals surface area contributed by atoms with Crippen molar-refractivity contribution in [3.05, 3.63) is 78.6 Å². The van der Waals surface area contributed by atoms with Gasteiger partial charge >= 0.3 is 0 Å². The van der Waals surface area contributed by atoms with Crippen LogP contribution in [0.4, 0.5) is 0 Å². The minimum atomic E-state index is -1.04. The molecule has 0 bridgehead atoms. The molecule has 0 amide bonds. The van der Waals surface area contributed by atoms with Crippen LogP contribution in [0.15, 0.2) is 82.9 Å². The Morgan fingerprint density at radius 3 is 2.52 bits per heavy atom. The molecule has 1 aromatic heterocycles. The number of benzene rings is 2. The Morgan fingerprint density at radius 2 is 1.83 bits per heavy atom. The van der Waals surface area contributed by atoms with Gasteiger partial charge in [0.05, 0.1) is 29.2 Å². The lowest BCUT2D eigenvalue weighted by Gasteiger charge is -2.21. The van der Waals surface area contributed by atoms with Gasteiger partial charge in [-0.2, -0.15) is 5.10 Å². The lowest BCUT2D eigenvalue weighted by Crippen LogP contribution is -2.38. The monoisotopic (exact) mass is 409 g/mol. The Balaban J connectivity index is 1.60. The van der Waals surface area contributed by atoms with E-state index in [9.17, 15) is 4.21 Å². The molecular weight excluding hydrogens is 382 g/mol. The second-order valence-corrected chi connectivity index (χ2v) is 8.15. The minimum Gasteiger partial charge on any atom is -0.357 e. The predicted molar refractivity (Wildman–Crippen MR) is 119 cm³/mol. The number of rotatable bonds is 8. The number of hydrogen-bond acceptors (Lipinski definition) is 3. The second kappa shape index (κ2) is 10.6. The number of hydrogen-bond donors (Lipinski definition) is 1. The highest BCUT2D eigenvalue weighted by atomic mass is 32.2. The first kappa shape index (κ1) is 20.8. The topological polar surface area (TPSA) is 62.5 Å². The zero-order valence-corrected chi connectivity index (χ0v) is 17.7. The molecule has 0 aliphatic carbocycles. The van der Waals surface area contributed by atoms with Gasteiger partial charge in [0.15, 0.2) is 5.96 Å². The molecule has 3 rings (SSSR count). The van der Waals surface area contributed by atoms with Crippen molar-refractivity contribution < 1.29 is 4.21 Å². The predicted octanol–water partition coefficient (Wildman–Crippen LogP) is 3.08. The van der Waals surface area contributed by atoms with Crippen molar-refractivity contribution in [1.82, 2.24) is 20.0 Å². The number of para-hydroxylation sites is 1. The summed E-state index contributed by atoms with van der Waals surface area (Å²) in [7, 11) is 0.956. The van der Waals surface area contributed by atoms with Crippen LogP contribution in [0, 0.1) is 0 Å². The van der Waals surface area contributed by atoms with Crippen molar-refractivity contribution in [2.24, 2.45) is 4.99 Å². The van der Waals surface area contributed by atoms with Crippen LogP contribution in [-0.2, 0) is 17.3 Å². The summed E-state index contributed by atoms with van der Waals surface area (Å²) in [6, 6.07) is 19.6. The van der Waals surface area contributed by atoms with Crippen molar-refractivity contribution in [3.63, 3.8) is 0 Å². The Hall–Kier alpha value is -2.93. The van der Waals surface area contributed by atoms with E-state index in [0.717, 1.165) is 28.7 Å². The Kier molecular flexibility index (Phi) is 7.58. The van der Waals surface area contributed by atoms with Crippen LogP contribution in [0.25, 0.3) is 5.69 Å². The van der Waals surface area contributed by atoms with Crippen molar-refractivity contribution in [3.8, 4) is 5.69 Å². The highest BCUT2D eigenvalue weighted by Crippen LogP contribution is 2.09. The molecule has 152 valence electrons. The van der Waals surface area contributed by atoms with Gasteiger partial charge in [0, 0.05) is 42.5 Å². The number of guanidine groups is 1. The largest absolute Gasteiger partial charge is 0.357 e. The maximum Gasteiger partial charge on any atom is 0.193 e. The van der Waals surface area contributed by atoms with Crippen LogP contribution >= 0.6 is 0 Å². The van der Waals surface area contributed by atoms with E-state index in [2.05, 4.69) is 20.3 Å². The normalized spacial score (nSPS) is 12.6. The number of aliphatic imine (C=N–C) groups is 1. The molecule has 0 spiro atoms. The number of nitrogens with one attached hydrogen (secondary N) is 1. The van der Waals surface area contributed by atoms with E-state index < -0.39 is 10.8 Å². The maximum atomic E-state index is 12.4. The lowest BCUT2D eigenvalue weighted by molar-refractivity contribution is 0.477. The second-order valence-electron chi connectivity index (χ2n) is 6.58. The third-order valence-electron chi connectivity index (χ3n) is 4.32. The summed E-state index contributed by atoms with van der Waals surface area (Å²) < 4.78 is 14.3. The Bertz CT molecular complexity index is 940. The third-order valence-corrected chi connectivity index (χ3v) is 5.67. The standard InChI is InChI=1S/C22H27N5OS/c1-3-23-22(24-14-15-29(28)21-12-8-5-9-13-21)26(2)17-19-16-25-27(18-19)20-10-6-4-7-11-20/h4-13,16,18H,3,14-15,17H2,1-2H3,(H,23,24). The number of nitrogens with zero attached hydrogens (tertiary/aromatic N) is 4. The molecule has 1 atom stereocenters. The van der Waals surface area contributed by atoms with Gasteiger partial charge in [-0.3, -0.25) is 9.20 Å². The van der Waals surface area contributed by atoms with Gasteiger partial charge in [-0.25, -0.2) is 4.68 Å². The molecule has 0 aliphatic rings. The Morgan fingerprint density at radius 1 is 1.14 bits per heavy atom. The van der Waals surface area contributed by atoms with E-state index in [1.165, 1.54) is 0 Å². The van der Waals surface area contributed by atoms with Gasteiger partial charge in [-0.05, 0) is 31.2 Å². The molecule has 0 fully saturated rings. The Labute approximate surface area is 174 Å². The first-order valence-electron chi connectivity index (χ1n) is 9.69. The van der Waals surface area contributed by atoms with Gasteiger partial charge in [-0.15, -0.1) is 0 Å². The molecule has 3 aromatic rings. The quantitative estimate of drug-likeness (QED) is 0.459. The van der Waals surface area contributed by atoms with Crippen LogP contribution in [0.1, 0.15) is 12.5 Å². The SMILES string of the molecule is CCNC(=NCCS(=O)c1ccccc1)N(C)Cc1cnn(-c2ccccc2)c1. The maximum absolute atomic E-state index is 12.4. The van der Waals surface area contributed by atoms with Gasteiger partial charge in [-0.1, -0.05) is 36.4 Å². The summed E-state index contributed by atoms with van der Waals surface area (Å²) in [6.07, 6.45) is 3.90. The van der Waals surface area contributed by atoms with Crippen molar-refractivity contribution in [1.29, 1.82) is 0 Å². The highest BCUT2D eigenvalue weighted by molar-refractivity contribution is 7.85. The van der Waals surface area contributed by atoms with Crippen LogP contribution in [0.3, 0.4) is 0 Å². The first-order valence-corrected chi connectivity index (χ1v) is 11.0. The molecule has 29 heavy (non-hydrogen) atoms. The van der Waals surface area contributed by atoms with Crippen LogP contribution in [-0.4, -0.2) is 50.7 Å². The van der Waals surface area contributed by atoms with E-state index in [4.69, 9.17) is 0 Å². The fraction of sp³-hybridized carbons (Fsp3) is 0.273. The zero-order valence-electron chi connectivity index (χ0n) is 16.9. The molecule has 1 heterocycles. The van der Waals surface area contributed by atoms with Crippen molar-refractivity contribution >= 4 is 16.8 Å². The van der Waals surface area contributed by atoms with E-state index in [1.54, 1.807) is 0 Å². The average Bonchev–Trinajstić information content (AvgIpc) is 3.22. The zero-order chi connectivity index (χ0) is 20.5. The molecule has 0 saturated heterocycles. The molecule has 6 nitrogen and oxygen atoms in total. The van der Waals surface area contributed by atoms with E-state index in [1.807, 2.05) is 91.7 Å². The van der Waals surface area contributed by atoms with E-state index >= 15 is 0 Å². The summed E-state index contributed by atoms with van der Waals surface area (Å²) in [6.45, 7) is 3.99. The molecular formula is C22H27N5OS. The van der Waals surface area contributed by atoms with E-state index in [0.29, 0.717) is 18.8 Å². The summed E-state index contributed by atoms with van der Waals surface area (Å²) in [5, 5.41) is 7.76. The van der Waals surface area contributed by atoms with Crippen molar-refractivity contribution in [2.75, 3.05) is 25.9 Å².